The third-order valence-electron chi connectivity index (χ3n) is 3.10. The van der Waals surface area contributed by atoms with Crippen molar-refractivity contribution in [3.8, 4) is 17.2 Å². The second-order valence-corrected chi connectivity index (χ2v) is 5.24. The average molecular weight is 327 g/mol. The number of carbonyl (C=O) groups excluding carboxylic acids is 1. The fourth-order valence-corrected chi connectivity index (χ4v) is 2.01. The summed E-state index contributed by atoms with van der Waals surface area (Å²) in [6.07, 6.45) is -4.44. The molecule has 0 saturated carbocycles. The number of hydrogen-bond donors (Lipinski definition) is 0. The van der Waals surface area contributed by atoms with Gasteiger partial charge in [0.2, 0.25) is 5.89 Å². The number of benzene rings is 1. The summed E-state index contributed by atoms with van der Waals surface area (Å²) in [5.74, 6) is 0.170. The summed E-state index contributed by atoms with van der Waals surface area (Å²) in [6.45, 7) is 5.47. The zero-order valence-electron chi connectivity index (χ0n) is 12.9. The Morgan fingerprint density at radius 2 is 1.87 bits per heavy atom. The Morgan fingerprint density at radius 1 is 1.26 bits per heavy atom. The highest BCUT2D eigenvalue weighted by atomic mass is 19.4. The van der Waals surface area contributed by atoms with E-state index >= 15 is 0 Å². The van der Waals surface area contributed by atoms with Crippen LogP contribution in [0.2, 0.25) is 0 Å². The number of ether oxygens (including phenoxy) is 1. The molecule has 0 saturated heterocycles. The monoisotopic (exact) mass is 327 g/mol. The Hall–Kier alpha value is -2.31. The molecule has 0 aliphatic heterocycles. The Kier molecular flexibility index (Phi) is 4.77. The van der Waals surface area contributed by atoms with Crippen LogP contribution < -0.4 is 4.74 Å². The maximum absolute atomic E-state index is 12.1. The number of ketones is 1. The van der Waals surface area contributed by atoms with Crippen LogP contribution in [-0.2, 0) is 0 Å². The molecule has 0 fully saturated rings. The van der Waals surface area contributed by atoms with Gasteiger partial charge in [0.05, 0.1) is 0 Å². The number of alkyl halides is 3. The van der Waals surface area contributed by atoms with E-state index in [9.17, 15) is 18.0 Å². The standard InChI is InChI=1S/C16H16F3NO3/c1-4-12(21)13-14(9(2)3)22-15(20-13)10-5-7-11(8-6-10)23-16(17,18)19/h5-9H,4H2,1-3H3. The quantitative estimate of drug-likeness (QED) is 0.729. The van der Waals surface area contributed by atoms with Gasteiger partial charge >= 0.3 is 6.36 Å². The minimum atomic E-state index is -4.74. The second-order valence-electron chi connectivity index (χ2n) is 5.24. The first kappa shape index (κ1) is 17.1. The Labute approximate surface area is 131 Å². The molecule has 1 heterocycles. The molecule has 1 aromatic heterocycles. The zero-order valence-corrected chi connectivity index (χ0v) is 12.9. The molecule has 23 heavy (non-hydrogen) atoms. The molecule has 7 heteroatoms. The highest BCUT2D eigenvalue weighted by molar-refractivity contribution is 5.95. The van der Waals surface area contributed by atoms with E-state index in [2.05, 4.69) is 9.72 Å². The number of Topliss-reactive ketones (excluding diaryl/α,β-unsaturated/α-hetero) is 1. The molecule has 0 aliphatic carbocycles. The van der Waals surface area contributed by atoms with Gasteiger partial charge in [-0.25, -0.2) is 4.98 Å². The van der Waals surface area contributed by atoms with E-state index in [0.717, 1.165) is 0 Å². The zero-order chi connectivity index (χ0) is 17.2. The van der Waals surface area contributed by atoms with Gasteiger partial charge in [-0.2, -0.15) is 0 Å². The van der Waals surface area contributed by atoms with Crippen molar-refractivity contribution in [2.24, 2.45) is 0 Å². The van der Waals surface area contributed by atoms with E-state index in [1.165, 1.54) is 24.3 Å². The van der Waals surface area contributed by atoms with Gasteiger partial charge in [-0.3, -0.25) is 4.79 Å². The third-order valence-corrected chi connectivity index (χ3v) is 3.10. The van der Waals surface area contributed by atoms with Gasteiger partial charge in [0, 0.05) is 17.9 Å². The molecular formula is C16H16F3NO3. The first-order valence-electron chi connectivity index (χ1n) is 7.11. The minimum Gasteiger partial charge on any atom is -0.440 e. The lowest BCUT2D eigenvalue weighted by atomic mass is 10.1. The van der Waals surface area contributed by atoms with Crippen LogP contribution in [0.4, 0.5) is 13.2 Å². The van der Waals surface area contributed by atoms with Crippen molar-refractivity contribution in [3.05, 3.63) is 35.7 Å². The van der Waals surface area contributed by atoms with E-state index in [1.54, 1.807) is 6.92 Å². The summed E-state index contributed by atoms with van der Waals surface area (Å²) >= 11 is 0. The molecule has 0 N–H and O–H groups in total. The van der Waals surface area contributed by atoms with Crippen LogP contribution in [0.1, 0.15) is 49.4 Å². The summed E-state index contributed by atoms with van der Waals surface area (Å²) < 4.78 is 45.9. The fourth-order valence-electron chi connectivity index (χ4n) is 2.01. The van der Waals surface area contributed by atoms with Crippen molar-refractivity contribution in [3.63, 3.8) is 0 Å². The molecule has 0 atom stereocenters. The van der Waals surface area contributed by atoms with Gasteiger partial charge in [0.25, 0.3) is 0 Å². The lowest BCUT2D eigenvalue weighted by Gasteiger charge is -2.08. The predicted octanol–water partition coefficient (Wildman–Crippen LogP) is 4.96. The van der Waals surface area contributed by atoms with E-state index < -0.39 is 6.36 Å². The van der Waals surface area contributed by atoms with Crippen LogP contribution >= 0.6 is 0 Å². The lowest BCUT2D eigenvalue weighted by molar-refractivity contribution is -0.274. The topological polar surface area (TPSA) is 52.3 Å². The normalized spacial score (nSPS) is 11.8. The van der Waals surface area contributed by atoms with Crippen molar-refractivity contribution in [2.75, 3.05) is 0 Å². The number of nitrogens with zero attached hydrogens (tertiary/aromatic N) is 1. The molecule has 0 amide bonds. The third kappa shape index (κ3) is 4.12. The van der Waals surface area contributed by atoms with Gasteiger partial charge in [0.1, 0.15) is 17.2 Å². The van der Waals surface area contributed by atoms with Gasteiger partial charge in [-0.1, -0.05) is 20.8 Å². The summed E-state index contributed by atoms with van der Waals surface area (Å²) in [5, 5.41) is 0. The van der Waals surface area contributed by atoms with Gasteiger partial charge < -0.3 is 9.15 Å². The average Bonchev–Trinajstić information content (AvgIpc) is 2.91. The maximum Gasteiger partial charge on any atom is 0.573 e. The summed E-state index contributed by atoms with van der Waals surface area (Å²) in [6, 6.07) is 5.14. The van der Waals surface area contributed by atoms with Crippen molar-refractivity contribution >= 4 is 5.78 Å². The van der Waals surface area contributed by atoms with Crippen LogP contribution in [0.15, 0.2) is 28.7 Å². The molecule has 2 rings (SSSR count). The van der Waals surface area contributed by atoms with Crippen molar-refractivity contribution < 1.29 is 27.1 Å². The lowest BCUT2D eigenvalue weighted by Crippen LogP contribution is -2.16. The van der Waals surface area contributed by atoms with Crippen LogP contribution in [0, 0.1) is 0 Å². The van der Waals surface area contributed by atoms with E-state index in [4.69, 9.17) is 4.42 Å². The van der Waals surface area contributed by atoms with E-state index in [1.807, 2.05) is 13.8 Å². The minimum absolute atomic E-state index is 0.0328. The largest absolute Gasteiger partial charge is 0.573 e. The highest BCUT2D eigenvalue weighted by Crippen LogP contribution is 2.30. The summed E-state index contributed by atoms with van der Waals surface area (Å²) in [5.41, 5.74) is 0.740. The predicted molar refractivity (Wildman–Crippen MR) is 77.3 cm³/mol. The molecule has 2 aromatic rings. The summed E-state index contributed by atoms with van der Waals surface area (Å²) in [7, 11) is 0. The SMILES string of the molecule is CCC(=O)c1nc(-c2ccc(OC(F)(F)F)cc2)oc1C(C)C. The molecule has 1 aromatic carbocycles. The Morgan fingerprint density at radius 3 is 2.35 bits per heavy atom. The molecule has 124 valence electrons. The van der Waals surface area contributed by atoms with E-state index in [-0.39, 0.29) is 29.0 Å². The molecular weight excluding hydrogens is 311 g/mol. The smallest absolute Gasteiger partial charge is 0.440 e. The van der Waals surface area contributed by atoms with Crippen molar-refractivity contribution in [1.82, 2.24) is 4.98 Å². The maximum atomic E-state index is 12.1. The first-order chi connectivity index (χ1) is 10.7. The van der Waals surface area contributed by atoms with E-state index in [0.29, 0.717) is 17.7 Å². The van der Waals surface area contributed by atoms with Gasteiger partial charge in [0.15, 0.2) is 5.78 Å². The number of oxazole rings is 1. The summed E-state index contributed by atoms with van der Waals surface area (Å²) in [4.78, 5) is 16.1. The number of carbonyl (C=O) groups is 1. The number of halogens is 3. The van der Waals surface area contributed by atoms with Crippen molar-refractivity contribution in [1.29, 1.82) is 0 Å². The number of hydrogen-bond acceptors (Lipinski definition) is 4. The van der Waals surface area contributed by atoms with Crippen molar-refractivity contribution in [2.45, 2.75) is 39.5 Å². The molecule has 0 radical (unpaired) electrons. The molecule has 4 nitrogen and oxygen atoms in total. The first-order valence-corrected chi connectivity index (χ1v) is 7.11. The molecule has 0 spiro atoms. The Bertz CT molecular complexity index is 688. The number of aromatic nitrogens is 1. The van der Waals surface area contributed by atoms with Crippen LogP contribution in [0.25, 0.3) is 11.5 Å². The van der Waals surface area contributed by atoms with Crippen LogP contribution in [-0.4, -0.2) is 17.1 Å². The molecule has 0 aliphatic rings. The van der Waals surface area contributed by atoms with Gasteiger partial charge in [-0.15, -0.1) is 13.2 Å². The second kappa shape index (κ2) is 6.44. The van der Waals surface area contributed by atoms with Crippen LogP contribution in [0.5, 0.6) is 5.75 Å². The Balaban J connectivity index is 2.33. The molecule has 0 bridgehead atoms. The fraction of sp³-hybridized carbons (Fsp3) is 0.375. The van der Waals surface area contributed by atoms with Gasteiger partial charge in [-0.05, 0) is 24.3 Å². The number of rotatable bonds is 5. The highest BCUT2D eigenvalue weighted by Gasteiger charge is 2.31. The van der Waals surface area contributed by atoms with Crippen LogP contribution in [0.3, 0.4) is 0 Å². The molecule has 0 unspecified atom stereocenters.